The number of fused-ring (bicyclic) bond motifs is 1. The number of nitrogens with zero attached hydrogens (tertiary/aromatic N) is 2. The van der Waals surface area contributed by atoms with Gasteiger partial charge in [0.2, 0.25) is 0 Å². The molecule has 0 saturated carbocycles. The van der Waals surface area contributed by atoms with E-state index in [1.54, 1.807) is 0 Å². The molecule has 1 aliphatic heterocycles. The van der Waals surface area contributed by atoms with Crippen molar-refractivity contribution in [1.29, 1.82) is 0 Å². The minimum Gasteiger partial charge on any atom is -0.378 e. The first-order chi connectivity index (χ1) is 11.8. The second-order valence-electron chi connectivity index (χ2n) is 5.78. The molecular weight excluding hydrogens is 322 g/mol. The van der Waals surface area contributed by atoms with Crippen molar-refractivity contribution in [3.05, 3.63) is 54.1 Å². The number of para-hydroxylation sites is 3. The van der Waals surface area contributed by atoms with Gasteiger partial charge in [-0.2, -0.15) is 0 Å². The molecule has 0 bridgehead atoms. The molecule has 1 atom stereocenters. The second-order valence-corrected chi connectivity index (χ2v) is 7.14. The Hall–Kier alpha value is -2.18. The van der Waals surface area contributed by atoms with E-state index in [0.29, 0.717) is 10.9 Å². The number of morpholine rings is 1. The predicted molar refractivity (Wildman–Crippen MR) is 95.7 cm³/mol. The van der Waals surface area contributed by atoms with E-state index in [2.05, 4.69) is 20.9 Å². The van der Waals surface area contributed by atoms with Crippen molar-refractivity contribution in [1.82, 2.24) is 9.97 Å². The minimum atomic E-state index is -1.21. The summed E-state index contributed by atoms with van der Waals surface area (Å²) in [6.07, 6.45) is 0. The molecule has 1 N–H and O–H groups in total. The fourth-order valence-corrected chi connectivity index (χ4v) is 4.08. The highest BCUT2D eigenvalue weighted by Gasteiger charge is 2.17. The molecule has 5 nitrogen and oxygen atoms in total. The van der Waals surface area contributed by atoms with E-state index < -0.39 is 10.8 Å². The molecule has 2 aromatic carbocycles. The summed E-state index contributed by atoms with van der Waals surface area (Å²) >= 11 is 0. The Labute approximate surface area is 143 Å². The van der Waals surface area contributed by atoms with E-state index in [-0.39, 0.29) is 0 Å². The van der Waals surface area contributed by atoms with Gasteiger partial charge in [-0.05, 0) is 23.8 Å². The standard InChI is InChI=1S/C18H19N3O2S/c22-24(18-19-15-6-2-3-7-16(15)20-18)13-14-5-1-4-8-17(14)21-9-11-23-12-10-21/h1-8H,9-13H2,(H,19,20). The van der Waals surface area contributed by atoms with Crippen molar-refractivity contribution in [3.63, 3.8) is 0 Å². The zero-order valence-corrected chi connectivity index (χ0v) is 14.1. The lowest BCUT2D eigenvalue weighted by molar-refractivity contribution is 0.122. The van der Waals surface area contributed by atoms with Crippen molar-refractivity contribution in [2.75, 3.05) is 31.2 Å². The quantitative estimate of drug-likeness (QED) is 0.793. The molecule has 0 spiro atoms. The molecule has 6 heteroatoms. The summed E-state index contributed by atoms with van der Waals surface area (Å²) < 4.78 is 18.2. The number of anilines is 1. The van der Waals surface area contributed by atoms with Gasteiger partial charge in [0, 0.05) is 18.8 Å². The largest absolute Gasteiger partial charge is 0.378 e. The lowest BCUT2D eigenvalue weighted by Crippen LogP contribution is -2.36. The average molecular weight is 341 g/mol. The number of aromatic nitrogens is 2. The topological polar surface area (TPSA) is 58.2 Å². The van der Waals surface area contributed by atoms with Crippen LogP contribution in [0.1, 0.15) is 5.56 Å². The highest BCUT2D eigenvalue weighted by molar-refractivity contribution is 7.84. The van der Waals surface area contributed by atoms with Crippen LogP contribution in [0.25, 0.3) is 11.0 Å². The number of ether oxygens (including phenoxy) is 1. The number of nitrogens with one attached hydrogen (secondary N) is 1. The van der Waals surface area contributed by atoms with Crippen LogP contribution in [0.4, 0.5) is 5.69 Å². The van der Waals surface area contributed by atoms with Gasteiger partial charge in [0.05, 0.1) is 40.8 Å². The van der Waals surface area contributed by atoms with Crippen LogP contribution in [-0.2, 0) is 21.3 Å². The van der Waals surface area contributed by atoms with Crippen molar-refractivity contribution >= 4 is 27.5 Å². The van der Waals surface area contributed by atoms with Gasteiger partial charge in [-0.15, -0.1) is 0 Å². The Morgan fingerprint density at radius 2 is 1.83 bits per heavy atom. The van der Waals surface area contributed by atoms with Crippen LogP contribution in [0.15, 0.2) is 53.7 Å². The van der Waals surface area contributed by atoms with Crippen LogP contribution < -0.4 is 4.90 Å². The van der Waals surface area contributed by atoms with Crippen LogP contribution in [0.5, 0.6) is 0 Å². The Bertz CT molecular complexity index is 838. The van der Waals surface area contributed by atoms with Gasteiger partial charge in [0.25, 0.3) is 0 Å². The molecule has 124 valence electrons. The predicted octanol–water partition coefficient (Wildman–Crippen LogP) is 2.71. The van der Waals surface area contributed by atoms with Crippen LogP contribution in [-0.4, -0.2) is 40.5 Å². The number of aromatic amines is 1. The maximum absolute atomic E-state index is 12.8. The Morgan fingerprint density at radius 1 is 1.08 bits per heavy atom. The molecule has 1 aliphatic rings. The molecule has 1 fully saturated rings. The zero-order chi connectivity index (χ0) is 16.4. The number of benzene rings is 2. The van der Waals surface area contributed by atoms with E-state index in [0.717, 1.165) is 48.6 Å². The van der Waals surface area contributed by atoms with Crippen LogP contribution in [0.3, 0.4) is 0 Å². The fraction of sp³-hybridized carbons (Fsp3) is 0.278. The van der Waals surface area contributed by atoms with Crippen LogP contribution in [0, 0.1) is 0 Å². The lowest BCUT2D eigenvalue weighted by atomic mass is 10.1. The highest BCUT2D eigenvalue weighted by atomic mass is 32.2. The van der Waals surface area contributed by atoms with E-state index in [1.165, 1.54) is 0 Å². The maximum atomic E-state index is 12.8. The van der Waals surface area contributed by atoms with Gasteiger partial charge >= 0.3 is 0 Å². The number of imidazole rings is 1. The number of H-pyrrole nitrogens is 1. The third kappa shape index (κ3) is 3.07. The Morgan fingerprint density at radius 3 is 2.67 bits per heavy atom. The Balaban J connectivity index is 1.59. The van der Waals surface area contributed by atoms with Gasteiger partial charge in [0.1, 0.15) is 0 Å². The minimum absolute atomic E-state index is 0.452. The SMILES string of the molecule is O=S(Cc1ccccc1N1CCOCC1)c1nc2ccccc2[nH]1. The zero-order valence-electron chi connectivity index (χ0n) is 13.3. The van der Waals surface area contributed by atoms with Crippen molar-refractivity contribution in [2.24, 2.45) is 0 Å². The first-order valence-electron chi connectivity index (χ1n) is 8.05. The Kier molecular flexibility index (Phi) is 4.32. The van der Waals surface area contributed by atoms with Gasteiger partial charge in [-0.3, -0.25) is 4.21 Å². The molecule has 2 heterocycles. The van der Waals surface area contributed by atoms with E-state index in [4.69, 9.17) is 4.74 Å². The molecule has 1 saturated heterocycles. The first-order valence-corrected chi connectivity index (χ1v) is 9.37. The third-order valence-corrected chi connectivity index (χ3v) is 5.41. The summed E-state index contributed by atoms with van der Waals surface area (Å²) in [4.78, 5) is 9.93. The lowest BCUT2D eigenvalue weighted by Gasteiger charge is -2.30. The molecule has 1 aromatic heterocycles. The van der Waals surface area contributed by atoms with Gasteiger partial charge in [0.15, 0.2) is 5.16 Å². The molecule has 1 unspecified atom stereocenters. The third-order valence-electron chi connectivity index (χ3n) is 4.21. The highest BCUT2D eigenvalue weighted by Crippen LogP contribution is 2.24. The molecule has 4 rings (SSSR count). The monoisotopic (exact) mass is 341 g/mol. The van der Waals surface area contributed by atoms with Gasteiger partial charge in [-0.1, -0.05) is 30.3 Å². The van der Waals surface area contributed by atoms with Gasteiger partial charge < -0.3 is 14.6 Å². The summed E-state index contributed by atoms with van der Waals surface area (Å²) in [5, 5.41) is 0.535. The molecule has 0 amide bonds. The number of hydrogen-bond donors (Lipinski definition) is 1. The smallest absolute Gasteiger partial charge is 0.197 e. The van der Waals surface area contributed by atoms with Crippen LogP contribution >= 0.6 is 0 Å². The second kappa shape index (κ2) is 6.75. The van der Waals surface area contributed by atoms with Gasteiger partial charge in [-0.25, -0.2) is 4.98 Å². The molecule has 3 aromatic rings. The average Bonchev–Trinajstić information content (AvgIpc) is 3.07. The first kappa shape index (κ1) is 15.4. The van der Waals surface area contributed by atoms with E-state index >= 15 is 0 Å². The van der Waals surface area contributed by atoms with Crippen molar-refractivity contribution < 1.29 is 8.95 Å². The summed E-state index contributed by atoms with van der Waals surface area (Å²) in [6.45, 7) is 3.21. The van der Waals surface area contributed by atoms with E-state index in [9.17, 15) is 4.21 Å². The summed E-state index contributed by atoms with van der Waals surface area (Å²) in [7, 11) is -1.21. The normalized spacial score (nSPS) is 16.4. The maximum Gasteiger partial charge on any atom is 0.197 e. The molecule has 24 heavy (non-hydrogen) atoms. The fourth-order valence-electron chi connectivity index (χ4n) is 2.99. The number of hydrogen-bond acceptors (Lipinski definition) is 4. The summed E-state index contributed by atoms with van der Waals surface area (Å²) in [5.74, 6) is 0.452. The van der Waals surface area contributed by atoms with E-state index in [1.807, 2.05) is 42.5 Å². The summed E-state index contributed by atoms with van der Waals surface area (Å²) in [6, 6.07) is 15.9. The molecular formula is C18H19N3O2S. The van der Waals surface area contributed by atoms with Crippen molar-refractivity contribution in [2.45, 2.75) is 10.9 Å². The molecule has 0 radical (unpaired) electrons. The van der Waals surface area contributed by atoms with Crippen LogP contribution in [0.2, 0.25) is 0 Å². The van der Waals surface area contributed by atoms with Crippen molar-refractivity contribution in [3.8, 4) is 0 Å². The molecule has 0 aliphatic carbocycles. The number of rotatable bonds is 4. The summed E-state index contributed by atoms with van der Waals surface area (Å²) in [5.41, 5.74) is 3.99.